The van der Waals surface area contributed by atoms with Crippen molar-refractivity contribution in [2.24, 2.45) is 0 Å². The van der Waals surface area contributed by atoms with Gasteiger partial charge >= 0.3 is 0 Å². The maximum absolute atomic E-state index is 11.7. The van der Waals surface area contributed by atoms with E-state index in [2.05, 4.69) is 10.2 Å². The summed E-state index contributed by atoms with van der Waals surface area (Å²) in [6.07, 6.45) is 4.34. The van der Waals surface area contributed by atoms with Gasteiger partial charge in [0.1, 0.15) is 0 Å². The van der Waals surface area contributed by atoms with Crippen LogP contribution >= 0.6 is 0 Å². The molecule has 0 aliphatic carbocycles. The lowest BCUT2D eigenvalue weighted by atomic mass is 9.92. The zero-order valence-corrected chi connectivity index (χ0v) is 8.25. The van der Waals surface area contributed by atoms with Crippen molar-refractivity contribution in [3.63, 3.8) is 0 Å². The Balaban J connectivity index is 2.10. The van der Waals surface area contributed by atoms with E-state index in [1.165, 1.54) is 19.3 Å². The van der Waals surface area contributed by atoms with Gasteiger partial charge in [-0.25, -0.2) is 0 Å². The third-order valence-corrected chi connectivity index (χ3v) is 3.21. The molecule has 2 heterocycles. The summed E-state index contributed by atoms with van der Waals surface area (Å²) in [5.41, 5.74) is 0. The average Bonchev–Trinajstić information content (AvgIpc) is 2.15. The maximum atomic E-state index is 11.7. The van der Waals surface area contributed by atoms with Crippen LogP contribution in [0.3, 0.4) is 0 Å². The smallest absolute Gasteiger partial charge is 0.222 e. The van der Waals surface area contributed by atoms with Crippen molar-refractivity contribution in [1.29, 1.82) is 0 Å². The average molecular weight is 182 g/mol. The van der Waals surface area contributed by atoms with Gasteiger partial charge in [0.15, 0.2) is 0 Å². The topological polar surface area (TPSA) is 32.3 Å². The van der Waals surface area contributed by atoms with Crippen molar-refractivity contribution in [1.82, 2.24) is 10.2 Å². The molecule has 0 radical (unpaired) electrons. The largest absolute Gasteiger partial charge is 0.334 e. The molecule has 2 saturated heterocycles. The first-order chi connectivity index (χ1) is 6.33. The maximum Gasteiger partial charge on any atom is 0.222 e. The quantitative estimate of drug-likeness (QED) is 0.649. The highest BCUT2D eigenvalue weighted by molar-refractivity contribution is 5.76. The van der Waals surface area contributed by atoms with E-state index in [9.17, 15) is 4.79 Å². The summed E-state index contributed by atoms with van der Waals surface area (Å²) < 4.78 is 0. The first-order valence-electron chi connectivity index (χ1n) is 5.34. The number of carbonyl (C=O) groups excluding carboxylic acids is 1. The minimum atomic E-state index is 0.344. The summed E-state index contributed by atoms with van der Waals surface area (Å²) in [6, 6.07) is 0.972. The zero-order valence-electron chi connectivity index (χ0n) is 8.25. The van der Waals surface area contributed by atoms with E-state index < -0.39 is 0 Å². The van der Waals surface area contributed by atoms with Gasteiger partial charge in [-0.3, -0.25) is 4.79 Å². The molecule has 74 valence electrons. The number of hydrogen-bond acceptors (Lipinski definition) is 2. The molecule has 3 heteroatoms. The molecule has 2 rings (SSSR count). The number of nitrogens with zero attached hydrogens (tertiary/aromatic N) is 1. The SMILES string of the molecule is CCC(=O)N1[C@@H]2CCC[C@H]1CNC2. The summed E-state index contributed by atoms with van der Waals surface area (Å²) in [7, 11) is 0. The Kier molecular flexibility index (Phi) is 2.54. The molecule has 0 aromatic carbocycles. The van der Waals surface area contributed by atoms with E-state index in [-0.39, 0.29) is 0 Å². The minimum Gasteiger partial charge on any atom is -0.334 e. The predicted molar refractivity (Wildman–Crippen MR) is 51.4 cm³/mol. The Morgan fingerprint density at radius 3 is 2.54 bits per heavy atom. The summed E-state index contributed by atoms with van der Waals surface area (Å²) in [5, 5.41) is 3.40. The molecular formula is C10H18N2O. The molecule has 2 fully saturated rings. The molecule has 2 bridgehead atoms. The Hall–Kier alpha value is -0.570. The predicted octanol–water partition coefficient (Wildman–Crippen LogP) is 0.749. The van der Waals surface area contributed by atoms with Crippen molar-refractivity contribution in [2.45, 2.75) is 44.7 Å². The van der Waals surface area contributed by atoms with Crippen LogP contribution < -0.4 is 5.32 Å². The van der Waals surface area contributed by atoms with Crippen LogP contribution in [0.15, 0.2) is 0 Å². The zero-order chi connectivity index (χ0) is 9.26. The molecule has 0 unspecified atom stereocenters. The van der Waals surface area contributed by atoms with Crippen LogP contribution in [-0.2, 0) is 4.79 Å². The number of fused-ring (bicyclic) bond motifs is 2. The second kappa shape index (κ2) is 3.66. The van der Waals surface area contributed by atoms with E-state index >= 15 is 0 Å². The van der Waals surface area contributed by atoms with E-state index in [4.69, 9.17) is 0 Å². The van der Waals surface area contributed by atoms with Crippen molar-refractivity contribution >= 4 is 5.91 Å². The van der Waals surface area contributed by atoms with E-state index in [0.717, 1.165) is 13.1 Å². The fourth-order valence-corrected chi connectivity index (χ4v) is 2.57. The number of piperazine rings is 1. The molecule has 0 aromatic heterocycles. The highest BCUT2D eigenvalue weighted by Gasteiger charge is 2.35. The van der Waals surface area contributed by atoms with Crippen LogP contribution in [0.5, 0.6) is 0 Å². The van der Waals surface area contributed by atoms with E-state index in [0.29, 0.717) is 24.4 Å². The lowest BCUT2D eigenvalue weighted by Gasteiger charge is -2.46. The summed E-state index contributed by atoms with van der Waals surface area (Å²) in [5.74, 6) is 0.344. The summed E-state index contributed by atoms with van der Waals surface area (Å²) in [6.45, 7) is 3.96. The molecule has 3 nitrogen and oxygen atoms in total. The second-order valence-corrected chi connectivity index (χ2v) is 4.05. The van der Waals surface area contributed by atoms with Crippen LogP contribution in [0, 0.1) is 0 Å². The van der Waals surface area contributed by atoms with E-state index in [1.54, 1.807) is 0 Å². The Morgan fingerprint density at radius 1 is 1.38 bits per heavy atom. The van der Waals surface area contributed by atoms with Crippen LogP contribution in [0.4, 0.5) is 0 Å². The normalized spacial score (nSPS) is 33.2. The van der Waals surface area contributed by atoms with Gasteiger partial charge in [-0.1, -0.05) is 6.92 Å². The van der Waals surface area contributed by atoms with Gasteiger partial charge in [-0.2, -0.15) is 0 Å². The van der Waals surface area contributed by atoms with Crippen molar-refractivity contribution in [2.75, 3.05) is 13.1 Å². The lowest BCUT2D eigenvalue weighted by Crippen LogP contribution is -2.61. The molecule has 2 aliphatic rings. The number of hydrogen-bond donors (Lipinski definition) is 1. The number of nitrogens with one attached hydrogen (secondary N) is 1. The van der Waals surface area contributed by atoms with Crippen LogP contribution in [-0.4, -0.2) is 36.0 Å². The molecule has 0 aromatic rings. The second-order valence-electron chi connectivity index (χ2n) is 4.05. The van der Waals surface area contributed by atoms with Crippen molar-refractivity contribution in [3.8, 4) is 0 Å². The minimum absolute atomic E-state index is 0.344. The Labute approximate surface area is 79.5 Å². The molecular weight excluding hydrogens is 164 g/mol. The van der Waals surface area contributed by atoms with Crippen LogP contribution in [0.1, 0.15) is 32.6 Å². The first-order valence-corrected chi connectivity index (χ1v) is 5.34. The molecule has 0 saturated carbocycles. The highest BCUT2D eigenvalue weighted by Crippen LogP contribution is 2.25. The fraction of sp³-hybridized carbons (Fsp3) is 0.900. The molecule has 1 N–H and O–H groups in total. The summed E-state index contributed by atoms with van der Waals surface area (Å²) in [4.78, 5) is 13.8. The van der Waals surface area contributed by atoms with Gasteiger partial charge in [0.05, 0.1) is 0 Å². The fourth-order valence-electron chi connectivity index (χ4n) is 2.57. The molecule has 2 atom stereocenters. The van der Waals surface area contributed by atoms with Crippen molar-refractivity contribution in [3.05, 3.63) is 0 Å². The van der Waals surface area contributed by atoms with Gasteiger partial charge in [0, 0.05) is 31.6 Å². The van der Waals surface area contributed by atoms with E-state index in [1.807, 2.05) is 6.92 Å². The van der Waals surface area contributed by atoms with Gasteiger partial charge < -0.3 is 10.2 Å². The molecule has 0 spiro atoms. The lowest BCUT2D eigenvalue weighted by molar-refractivity contribution is -0.139. The Bertz CT molecular complexity index is 183. The third kappa shape index (κ3) is 1.57. The van der Waals surface area contributed by atoms with Gasteiger partial charge in [0.2, 0.25) is 5.91 Å². The Morgan fingerprint density at radius 2 is 2.00 bits per heavy atom. The van der Waals surface area contributed by atoms with Crippen LogP contribution in [0.25, 0.3) is 0 Å². The highest BCUT2D eigenvalue weighted by atomic mass is 16.2. The number of amides is 1. The van der Waals surface area contributed by atoms with Crippen molar-refractivity contribution < 1.29 is 4.79 Å². The monoisotopic (exact) mass is 182 g/mol. The third-order valence-electron chi connectivity index (χ3n) is 3.21. The van der Waals surface area contributed by atoms with Crippen LogP contribution in [0.2, 0.25) is 0 Å². The molecule has 13 heavy (non-hydrogen) atoms. The standard InChI is InChI=1S/C10H18N2O/c1-2-10(13)12-8-4-3-5-9(12)7-11-6-8/h8-9,11H,2-7H2,1H3/t8-,9+. The number of carbonyl (C=O) groups is 1. The number of rotatable bonds is 1. The molecule has 1 amide bonds. The van der Waals surface area contributed by atoms with Gasteiger partial charge in [0.25, 0.3) is 0 Å². The first kappa shape index (κ1) is 9.00. The summed E-state index contributed by atoms with van der Waals surface area (Å²) >= 11 is 0. The molecule has 2 aliphatic heterocycles. The van der Waals surface area contributed by atoms with Gasteiger partial charge in [-0.05, 0) is 19.3 Å². The van der Waals surface area contributed by atoms with Gasteiger partial charge in [-0.15, -0.1) is 0 Å². The number of piperidine rings is 1.